The van der Waals surface area contributed by atoms with Crippen LogP contribution in [0.4, 0.5) is 4.39 Å². The molecule has 8 heteroatoms. The average molecular weight is 367 g/mol. The summed E-state index contributed by atoms with van der Waals surface area (Å²) in [6.07, 6.45) is 2.23. The van der Waals surface area contributed by atoms with E-state index < -0.39 is 15.4 Å². The highest BCUT2D eigenvalue weighted by Crippen LogP contribution is 2.32. The van der Waals surface area contributed by atoms with Crippen LogP contribution < -0.4 is 0 Å². The minimum absolute atomic E-state index is 0.0562. The number of aromatic amines is 1. The summed E-state index contributed by atoms with van der Waals surface area (Å²) in [4.78, 5) is 2.00. The van der Waals surface area contributed by atoms with Crippen LogP contribution in [0.1, 0.15) is 18.9 Å². The molecule has 0 spiro atoms. The van der Waals surface area contributed by atoms with E-state index in [2.05, 4.69) is 10.2 Å². The normalized spacial score (nSPS) is 22.6. The van der Waals surface area contributed by atoms with Crippen molar-refractivity contribution in [1.29, 1.82) is 0 Å². The van der Waals surface area contributed by atoms with Gasteiger partial charge in [0.2, 0.25) is 0 Å². The molecule has 0 amide bonds. The van der Waals surface area contributed by atoms with Gasteiger partial charge in [-0.1, -0.05) is 0 Å². The Labute approximate surface area is 146 Å². The van der Waals surface area contributed by atoms with Crippen LogP contribution >= 0.6 is 0 Å². The molecule has 25 heavy (non-hydrogen) atoms. The lowest BCUT2D eigenvalue weighted by molar-refractivity contribution is 0.0902. The lowest BCUT2D eigenvalue weighted by atomic mass is 9.97. The molecule has 1 fully saturated rings. The number of aromatic nitrogens is 2. The van der Waals surface area contributed by atoms with Crippen molar-refractivity contribution < 1.29 is 17.9 Å². The molecule has 2 aromatic rings. The zero-order chi connectivity index (χ0) is 18.1. The molecule has 1 aliphatic rings. The van der Waals surface area contributed by atoms with Crippen molar-refractivity contribution in [3.05, 3.63) is 41.8 Å². The Bertz CT molecular complexity index is 835. The number of hydrogen-bond donors (Lipinski definition) is 2. The smallest absolute Gasteiger partial charge is 0.152 e. The first kappa shape index (κ1) is 18.0. The molecule has 1 aliphatic heterocycles. The van der Waals surface area contributed by atoms with Crippen LogP contribution in [0.5, 0.6) is 0 Å². The van der Waals surface area contributed by atoms with E-state index in [1.165, 1.54) is 12.1 Å². The Morgan fingerprint density at radius 1 is 1.36 bits per heavy atom. The molecule has 0 saturated carbocycles. The summed E-state index contributed by atoms with van der Waals surface area (Å²) < 4.78 is 37.0. The number of β-amino-alcohol motifs (C(OH)–C–C–N with tert-alkyl or cyclic N) is 1. The summed E-state index contributed by atoms with van der Waals surface area (Å²) in [6, 6.07) is 6.11. The number of halogens is 1. The number of H-pyrrole nitrogens is 1. The van der Waals surface area contributed by atoms with E-state index in [0.717, 1.165) is 16.8 Å². The van der Waals surface area contributed by atoms with Crippen LogP contribution in [0.15, 0.2) is 30.5 Å². The first-order valence-corrected chi connectivity index (χ1v) is 10.00. The molecular formula is C17H22FN3O3S. The second-order valence-corrected chi connectivity index (χ2v) is 8.95. The molecule has 1 unspecified atom stereocenters. The molecule has 1 aromatic carbocycles. The molecule has 6 nitrogen and oxygen atoms in total. The van der Waals surface area contributed by atoms with Gasteiger partial charge < -0.3 is 5.11 Å². The molecule has 3 rings (SSSR count). The van der Waals surface area contributed by atoms with Gasteiger partial charge in [0, 0.05) is 29.8 Å². The Morgan fingerprint density at radius 3 is 2.68 bits per heavy atom. The predicted octanol–water partition coefficient (Wildman–Crippen LogP) is 1.59. The Kier molecular flexibility index (Phi) is 4.95. The molecule has 0 aliphatic carbocycles. The molecule has 2 N–H and O–H groups in total. The maximum Gasteiger partial charge on any atom is 0.152 e. The molecule has 0 bridgehead atoms. The predicted molar refractivity (Wildman–Crippen MR) is 93.2 cm³/mol. The van der Waals surface area contributed by atoms with Gasteiger partial charge in [-0.25, -0.2) is 12.8 Å². The molecular weight excluding hydrogens is 345 g/mol. The molecule has 0 radical (unpaired) electrons. The lowest BCUT2D eigenvalue weighted by Crippen LogP contribution is -2.48. The van der Waals surface area contributed by atoms with Gasteiger partial charge in [0.15, 0.2) is 9.84 Å². The number of benzene rings is 1. The fourth-order valence-electron chi connectivity index (χ4n) is 3.41. The fraction of sp³-hybridized carbons (Fsp3) is 0.471. The zero-order valence-corrected chi connectivity index (χ0v) is 14.9. The van der Waals surface area contributed by atoms with Gasteiger partial charge in [0.25, 0.3) is 0 Å². The van der Waals surface area contributed by atoms with Gasteiger partial charge in [0.1, 0.15) is 5.82 Å². The third-order valence-corrected chi connectivity index (χ3v) is 6.72. The third kappa shape index (κ3) is 3.91. The van der Waals surface area contributed by atoms with Gasteiger partial charge in [-0.15, -0.1) is 0 Å². The van der Waals surface area contributed by atoms with Gasteiger partial charge in [-0.3, -0.25) is 10.00 Å². The minimum Gasteiger partial charge on any atom is -0.395 e. The van der Waals surface area contributed by atoms with Gasteiger partial charge in [0.05, 0.1) is 30.0 Å². The van der Waals surface area contributed by atoms with Gasteiger partial charge in [-0.05, 0) is 37.6 Å². The number of nitrogens with zero attached hydrogens (tertiary/aromatic N) is 2. The Morgan fingerprint density at radius 2 is 2.08 bits per heavy atom. The maximum atomic E-state index is 13.1. The summed E-state index contributed by atoms with van der Waals surface area (Å²) in [5.41, 5.74) is 1.94. The second kappa shape index (κ2) is 6.86. The fourth-order valence-corrected chi connectivity index (χ4v) is 5.58. The molecule has 1 aromatic heterocycles. The largest absolute Gasteiger partial charge is 0.395 e. The second-order valence-electron chi connectivity index (χ2n) is 6.76. The van der Waals surface area contributed by atoms with Crippen molar-refractivity contribution in [2.45, 2.75) is 25.4 Å². The Hall–Kier alpha value is -1.77. The highest BCUT2D eigenvalue weighted by molar-refractivity contribution is 7.91. The van der Waals surface area contributed by atoms with Crippen molar-refractivity contribution in [2.24, 2.45) is 0 Å². The maximum absolute atomic E-state index is 13.1. The van der Waals surface area contributed by atoms with E-state index in [1.807, 2.05) is 11.8 Å². The van der Waals surface area contributed by atoms with Crippen LogP contribution in [0.3, 0.4) is 0 Å². The Balaban J connectivity index is 1.87. The molecule has 136 valence electrons. The first-order valence-electron chi connectivity index (χ1n) is 8.17. The van der Waals surface area contributed by atoms with E-state index in [-0.39, 0.29) is 23.9 Å². The third-order valence-electron chi connectivity index (χ3n) is 4.83. The highest BCUT2D eigenvalue weighted by atomic mass is 32.2. The average Bonchev–Trinajstić information content (AvgIpc) is 3.12. The van der Waals surface area contributed by atoms with Crippen molar-refractivity contribution in [1.82, 2.24) is 15.1 Å². The minimum atomic E-state index is -3.05. The van der Waals surface area contributed by atoms with Crippen LogP contribution in [0, 0.1) is 5.82 Å². The van der Waals surface area contributed by atoms with Crippen LogP contribution in [0.2, 0.25) is 0 Å². The van der Waals surface area contributed by atoms with Gasteiger partial charge in [-0.2, -0.15) is 5.10 Å². The summed E-state index contributed by atoms with van der Waals surface area (Å²) in [5.74, 6) is -0.0545. The van der Waals surface area contributed by atoms with Crippen LogP contribution in [-0.2, 0) is 16.4 Å². The summed E-state index contributed by atoms with van der Waals surface area (Å²) in [5, 5.41) is 16.4. The zero-order valence-electron chi connectivity index (χ0n) is 14.1. The first-order chi connectivity index (χ1) is 11.8. The van der Waals surface area contributed by atoms with Crippen molar-refractivity contribution in [3.8, 4) is 11.3 Å². The van der Waals surface area contributed by atoms with E-state index in [1.54, 1.807) is 18.3 Å². The van der Waals surface area contributed by atoms with E-state index in [9.17, 15) is 17.9 Å². The van der Waals surface area contributed by atoms with Crippen molar-refractivity contribution >= 4 is 9.84 Å². The number of sulfone groups is 1. The van der Waals surface area contributed by atoms with Crippen LogP contribution in [-0.4, -0.2) is 58.8 Å². The van der Waals surface area contributed by atoms with E-state index >= 15 is 0 Å². The van der Waals surface area contributed by atoms with Crippen molar-refractivity contribution in [2.75, 3.05) is 24.7 Å². The number of hydrogen-bond acceptors (Lipinski definition) is 5. The standard InChI is InChI=1S/C17H22FN3O3S/c1-17(6-9-25(23,24)12-17)21(7-8-22)11-14-10-19-20-16(14)13-2-4-15(18)5-3-13/h2-5,10,22H,6-9,11-12H2,1H3,(H,19,20). The quantitative estimate of drug-likeness (QED) is 0.810. The SMILES string of the molecule is CC1(N(CCO)Cc2cn[nH]c2-c2ccc(F)cc2)CCS(=O)(=O)C1. The summed E-state index contributed by atoms with van der Waals surface area (Å²) in [7, 11) is -3.05. The van der Waals surface area contributed by atoms with Crippen molar-refractivity contribution in [3.63, 3.8) is 0 Å². The summed E-state index contributed by atoms with van der Waals surface area (Å²) >= 11 is 0. The molecule has 2 heterocycles. The molecule has 1 atom stereocenters. The van der Waals surface area contributed by atoms with Crippen LogP contribution in [0.25, 0.3) is 11.3 Å². The van der Waals surface area contributed by atoms with E-state index in [4.69, 9.17) is 0 Å². The number of aliphatic hydroxyl groups excluding tert-OH is 1. The highest BCUT2D eigenvalue weighted by Gasteiger charge is 2.42. The van der Waals surface area contributed by atoms with Gasteiger partial charge >= 0.3 is 0 Å². The summed E-state index contributed by atoms with van der Waals surface area (Å²) in [6.45, 7) is 2.69. The number of nitrogens with one attached hydrogen (secondary N) is 1. The molecule has 1 saturated heterocycles. The lowest BCUT2D eigenvalue weighted by Gasteiger charge is -2.37. The van der Waals surface area contributed by atoms with E-state index in [0.29, 0.717) is 19.5 Å². The monoisotopic (exact) mass is 367 g/mol. The number of aliphatic hydroxyl groups is 1. The topological polar surface area (TPSA) is 86.3 Å². The number of rotatable bonds is 6.